The van der Waals surface area contributed by atoms with Gasteiger partial charge in [-0.05, 0) is 37.0 Å². The van der Waals surface area contributed by atoms with Crippen molar-refractivity contribution < 1.29 is 18.7 Å². The molecular formula is C16H21F2NO2. The van der Waals surface area contributed by atoms with Crippen molar-refractivity contribution in [1.29, 1.82) is 0 Å². The van der Waals surface area contributed by atoms with E-state index in [1.165, 1.54) is 12.5 Å². The fourth-order valence-corrected chi connectivity index (χ4v) is 2.95. The van der Waals surface area contributed by atoms with Crippen molar-refractivity contribution in [1.82, 2.24) is 5.32 Å². The van der Waals surface area contributed by atoms with E-state index in [0.29, 0.717) is 18.0 Å². The van der Waals surface area contributed by atoms with Crippen molar-refractivity contribution in [3.8, 4) is 0 Å². The Morgan fingerprint density at radius 2 is 1.95 bits per heavy atom. The number of rotatable bonds is 6. The van der Waals surface area contributed by atoms with Gasteiger partial charge >= 0.3 is 5.97 Å². The van der Waals surface area contributed by atoms with Gasteiger partial charge in [-0.2, -0.15) is 0 Å². The van der Waals surface area contributed by atoms with E-state index in [2.05, 4.69) is 5.32 Å². The maximum atomic E-state index is 13.2. The Morgan fingerprint density at radius 1 is 1.24 bits per heavy atom. The molecule has 1 aromatic rings. The van der Waals surface area contributed by atoms with E-state index in [1.54, 1.807) is 0 Å². The van der Waals surface area contributed by atoms with E-state index >= 15 is 0 Å². The Morgan fingerprint density at radius 3 is 2.57 bits per heavy atom. The molecule has 1 aromatic carbocycles. The zero-order chi connectivity index (χ0) is 15.2. The fourth-order valence-electron chi connectivity index (χ4n) is 2.95. The summed E-state index contributed by atoms with van der Waals surface area (Å²) in [7, 11) is 0. The molecule has 1 atom stereocenters. The van der Waals surface area contributed by atoms with Crippen LogP contribution in [0.3, 0.4) is 0 Å². The second-order valence-corrected chi connectivity index (χ2v) is 5.75. The highest BCUT2D eigenvalue weighted by atomic mass is 19.2. The summed E-state index contributed by atoms with van der Waals surface area (Å²) in [5, 5.41) is 12.4. The van der Waals surface area contributed by atoms with Gasteiger partial charge in [-0.25, -0.2) is 8.78 Å². The van der Waals surface area contributed by atoms with Crippen molar-refractivity contribution in [2.24, 2.45) is 0 Å². The van der Waals surface area contributed by atoms with Crippen molar-refractivity contribution in [2.45, 2.75) is 57.0 Å². The molecular weight excluding hydrogens is 276 g/mol. The second kappa shape index (κ2) is 7.50. The third-order valence-electron chi connectivity index (χ3n) is 3.96. The first-order valence-electron chi connectivity index (χ1n) is 7.46. The van der Waals surface area contributed by atoms with Gasteiger partial charge in [0.2, 0.25) is 0 Å². The van der Waals surface area contributed by atoms with E-state index in [4.69, 9.17) is 5.11 Å². The quantitative estimate of drug-likeness (QED) is 0.847. The van der Waals surface area contributed by atoms with E-state index in [0.717, 1.165) is 37.8 Å². The lowest BCUT2D eigenvalue weighted by Gasteiger charge is -2.28. The molecule has 1 saturated carbocycles. The van der Waals surface area contributed by atoms with Gasteiger partial charge < -0.3 is 10.4 Å². The first kappa shape index (κ1) is 15.9. The molecule has 21 heavy (non-hydrogen) atoms. The number of hydrogen-bond acceptors (Lipinski definition) is 2. The van der Waals surface area contributed by atoms with Crippen LogP contribution in [0.25, 0.3) is 0 Å². The number of halogens is 2. The standard InChI is InChI=1S/C16H21F2NO2/c17-14-7-6-11(9-15(14)18)8-13(10-16(20)21)19-12-4-2-1-3-5-12/h6-7,9,12-13,19H,1-5,8,10H2,(H,20,21). The van der Waals surface area contributed by atoms with Crippen LogP contribution in [0.15, 0.2) is 18.2 Å². The van der Waals surface area contributed by atoms with Gasteiger partial charge in [0.1, 0.15) is 0 Å². The third kappa shape index (κ3) is 5.08. The van der Waals surface area contributed by atoms with Gasteiger partial charge in [-0.15, -0.1) is 0 Å². The number of hydrogen-bond donors (Lipinski definition) is 2. The van der Waals surface area contributed by atoms with E-state index in [-0.39, 0.29) is 12.5 Å². The zero-order valence-corrected chi connectivity index (χ0v) is 11.9. The van der Waals surface area contributed by atoms with Crippen LogP contribution in [0.4, 0.5) is 8.78 Å². The molecule has 5 heteroatoms. The highest BCUT2D eigenvalue weighted by Crippen LogP contribution is 2.19. The van der Waals surface area contributed by atoms with Crippen LogP contribution in [-0.2, 0) is 11.2 Å². The van der Waals surface area contributed by atoms with Gasteiger partial charge in [0, 0.05) is 12.1 Å². The molecule has 0 aliphatic heterocycles. The number of carboxylic acids is 1. The van der Waals surface area contributed by atoms with Crippen molar-refractivity contribution in [3.05, 3.63) is 35.4 Å². The minimum absolute atomic E-state index is 0.0184. The lowest BCUT2D eigenvalue weighted by atomic mass is 9.93. The van der Waals surface area contributed by atoms with Gasteiger partial charge in [0.15, 0.2) is 11.6 Å². The Labute approximate surface area is 123 Å². The summed E-state index contributed by atoms with van der Waals surface area (Å²) < 4.78 is 26.2. The van der Waals surface area contributed by atoms with Crippen LogP contribution in [-0.4, -0.2) is 23.2 Å². The molecule has 1 unspecified atom stereocenters. The first-order valence-corrected chi connectivity index (χ1v) is 7.46. The van der Waals surface area contributed by atoms with Crippen molar-refractivity contribution in [3.63, 3.8) is 0 Å². The molecule has 0 spiro atoms. The fraction of sp³-hybridized carbons (Fsp3) is 0.562. The highest BCUT2D eigenvalue weighted by Gasteiger charge is 2.20. The summed E-state index contributed by atoms with van der Waals surface area (Å²) in [4.78, 5) is 11.0. The summed E-state index contributed by atoms with van der Waals surface area (Å²) in [6.45, 7) is 0. The SMILES string of the molecule is O=C(O)CC(Cc1ccc(F)c(F)c1)NC1CCCCC1. The highest BCUT2D eigenvalue weighted by molar-refractivity contribution is 5.67. The molecule has 0 bridgehead atoms. The normalized spacial score (nSPS) is 17.6. The largest absolute Gasteiger partial charge is 0.481 e. The Balaban J connectivity index is 2.00. The average molecular weight is 297 g/mol. The number of carboxylic acid groups (broad SMARTS) is 1. The molecule has 0 aromatic heterocycles. The van der Waals surface area contributed by atoms with E-state index in [9.17, 15) is 13.6 Å². The summed E-state index contributed by atoms with van der Waals surface area (Å²) in [5.74, 6) is -2.65. The molecule has 1 aliphatic rings. The predicted octanol–water partition coefficient (Wildman–Crippen LogP) is 3.27. The number of carbonyl (C=O) groups is 1. The average Bonchev–Trinajstić information content (AvgIpc) is 2.43. The zero-order valence-electron chi connectivity index (χ0n) is 11.9. The first-order chi connectivity index (χ1) is 10.0. The Kier molecular flexibility index (Phi) is 5.67. The Hall–Kier alpha value is -1.49. The maximum absolute atomic E-state index is 13.2. The molecule has 0 saturated heterocycles. The maximum Gasteiger partial charge on any atom is 0.304 e. The monoisotopic (exact) mass is 297 g/mol. The van der Waals surface area contributed by atoms with Gasteiger partial charge in [0.05, 0.1) is 6.42 Å². The molecule has 0 heterocycles. The van der Waals surface area contributed by atoms with Gasteiger partial charge in [-0.3, -0.25) is 4.79 Å². The van der Waals surface area contributed by atoms with E-state index in [1.807, 2.05) is 0 Å². The number of nitrogens with one attached hydrogen (secondary N) is 1. The van der Waals surface area contributed by atoms with E-state index < -0.39 is 17.6 Å². The van der Waals surface area contributed by atoms with Crippen LogP contribution >= 0.6 is 0 Å². The lowest BCUT2D eigenvalue weighted by Crippen LogP contribution is -2.42. The summed E-state index contributed by atoms with van der Waals surface area (Å²) in [5.41, 5.74) is 0.614. The molecule has 0 amide bonds. The minimum Gasteiger partial charge on any atom is -0.481 e. The molecule has 116 valence electrons. The lowest BCUT2D eigenvalue weighted by molar-refractivity contribution is -0.137. The second-order valence-electron chi connectivity index (χ2n) is 5.75. The van der Waals surface area contributed by atoms with Crippen LogP contribution < -0.4 is 5.32 Å². The van der Waals surface area contributed by atoms with Crippen LogP contribution in [0.5, 0.6) is 0 Å². The smallest absolute Gasteiger partial charge is 0.304 e. The number of aliphatic carboxylic acids is 1. The molecule has 1 fully saturated rings. The minimum atomic E-state index is -0.890. The van der Waals surface area contributed by atoms with Crippen molar-refractivity contribution >= 4 is 5.97 Å². The van der Waals surface area contributed by atoms with Crippen LogP contribution in [0.2, 0.25) is 0 Å². The summed E-state index contributed by atoms with van der Waals surface area (Å²) >= 11 is 0. The topological polar surface area (TPSA) is 49.3 Å². The van der Waals surface area contributed by atoms with Gasteiger partial charge in [-0.1, -0.05) is 25.3 Å². The van der Waals surface area contributed by atoms with Gasteiger partial charge in [0.25, 0.3) is 0 Å². The molecule has 2 rings (SSSR count). The molecule has 0 radical (unpaired) electrons. The van der Waals surface area contributed by atoms with Crippen LogP contribution in [0.1, 0.15) is 44.1 Å². The predicted molar refractivity (Wildman–Crippen MR) is 76.1 cm³/mol. The summed E-state index contributed by atoms with van der Waals surface area (Å²) in [6.07, 6.45) is 6.01. The molecule has 1 aliphatic carbocycles. The third-order valence-corrected chi connectivity index (χ3v) is 3.96. The molecule has 3 nitrogen and oxygen atoms in total. The Bertz CT molecular complexity index is 487. The van der Waals surface area contributed by atoms with Crippen LogP contribution in [0, 0.1) is 11.6 Å². The van der Waals surface area contributed by atoms with Crippen molar-refractivity contribution in [2.75, 3.05) is 0 Å². The molecule has 2 N–H and O–H groups in total. The number of benzene rings is 1. The summed E-state index contributed by atoms with van der Waals surface area (Å²) in [6, 6.07) is 3.81.